The van der Waals surface area contributed by atoms with E-state index >= 15 is 0 Å². The minimum atomic E-state index is -0.734. The van der Waals surface area contributed by atoms with E-state index < -0.39 is 5.41 Å². The largest absolute Gasteiger partial charge is 0.466 e. The van der Waals surface area contributed by atoms with E-state index in [2.05, 4.69) is 0 Å². The molecule has 0 saturated carbocycles. The molecule has 2 aliphatic heterocycles. The first kappa shape index (κ1) is 21.3. The molecule has 0 aliphatic carbocycles. The van der Waals surface area contributed by atoms with Gasteiger partial charge in [0.25, 0.3) is 0 Å². The van der Waals surface area contributed by atoms with Crippen LogP contribution in [0, 0.1) is 12.3 Å². The van der Waals surface area contributed by atoms with Crippen LogP contribution in [0.3, 0.4) is 0 Å². The highest BCUT2D eigenvalue weighted by Gasteiger charge is 2.45. The summed E-state index contributed by atoms with van der Waals surface area (Å²) < 4.78 is 5.45. The zero-order valence-electron chi connectivity index (χ0n) is 17.6. The summed E-state index contributed by atoms with van der Waals surface area (Å²) in [5.74, 6) is -0.244. The number of aryl methyl sites for hydroxylation is 1. The number of nitrogens with zero attached hydrogens (tertiary/aromatic N) is 2. The highest BCUT2D eigenvalue weighted by Crippen LogP contribution is 2.36. The van der Waals surface area contributed by atoms with Crippen molar-refractivity contribution < 1.29 is 19.1 Å². The van der Waals surface area contributed by atoms with E-state index in [4.69, 9.17) is 4.74 Å². The number of rotatable bonds is 6. The van der Waals surface area contributed by atoms with Gasteiger partial charge in [0.15, 0.2) is 0 Å². The van der Waals surface area contributed by atoms with Crippen molar-refractivity contribution in [3.05, 3.63) is 35.4 Å². The first-order valence-electron chi connectivity index (χ1n) is 10.7. The van der Waals surface area contributed by atoms with Crippen LogP contribution in [-0.2, 0) is 25.5 Å². The zero-order chi connectivity index (χ0) is 20.9. The molecule has 2 heterocycles. The van der Waals surface area contributed by atoms with Gasteiger partial charge in [-0.3, -0.25) is 14.4 Å². The Hall–Kier alpha value is -2.37. The number of piperidine rings is 2. The lowest BCUT2D eigenvalue weighted by Gasteiger charge is -2.42. The SMILES string of the molecule is CCOC(=O)[C@]1(Cc2ccccc2C)CCCN(C(=O)CN2CCCCC2=O)C1. The van der Waals surface area contributed by atoms with Gasteiger partial charge < -0.3 is 14.5 Å². The molecule has 2 fully saturated rings. The number of ether oxygens (including phenoxy) is 1. The lowest BCUT2D eigenvalue weighted by Crippen LogP contribution is -2.54. The van der Waals surface area contributed by atoms with Gasteiger partial charge in [0, 0.05) is 26.1 Å². The number of esters is 1. The van der Waals surface area contributed by atoms with Crippen LogP contribution in [0.25, 0.3) is 0 Å². The Balaban J connectivity index is 1.77. The summed E-state index contributed by atoms with van der Waals surface area (Å²) in [4.78, 5) is 41.5. The quantitative estimate of drug-likeness (QED) is 0.689. The minimum absolute atomic E-state index is 0.0539. The van der Waals surface area contributed by atoms with Crippen molar-refractivity contribution in [1.29, 1.82) is 0 Å². The fourth-order valence-electron chi connectivity index (χ4n) is 4.48. The van der Waals surface area contributed by atoms with E-state index in [1.807, 2.05) is 38.1 Å². The van der Waals surface area contributed by atoms with Gasteiger partial charge in [-0.15, -0.1) is 0 Å². The van der Waals surface area contributed by atoms with E-state index in [1.54, 1.807) is 9.80 Å². The third-order valence-corrected chi connectivity index (χ3v) is 6.18. The second-order valence-corrected chi connectivity index (χ2v) is 8.30. The molecule has 1 aromatic rings. The highest BCUT2D eigenvalue weighted by molar-refractivity contribution is 5.86. The zero-order valence-corrected chi connectivity index (χ0v) is 17.6. The second-order valence-electron chi connectivity index (χ2n) is 8.30. The summed E-state index contributed by atoms with van der Waals surface area (Å²) in [6.45, 7) is 5.91. The molecule has 0 aromatic heterocycles. The lowest BCUT2D eigenvalue weighted by molar-refractivity contribution is -0.161. The summed E-state index contributed by atoms with van der Waals surface area (Å²) in [5, 5.41) is 0. The maximum absolute atomic E-state index is 13.0. The molecule has 1 aromatic carbocycles. The van der Waals surface area contributed by atoms with Crippen molar-refractivity contribution in [2.75, 3.05) is 32.8 Å². The summed E-state index contributed by atoms with van der Waals surface area (Å²) >= 11 is 0. The van der Waals surface area contributed by atoms with Crippen molar-refractivity contribution in [3.8, 4) is 0 Å². The summed E-state index contributed by atoms with van der Waals surface area (Å²) in [6, 6.07) is 8.06. The second kappa shape index (κ2) is 9.42. The average Bonchev–Trinajstić information content (AvgIpc) is 2.72. The van der Waals surface area contributed by atoms with Crippen molar-refractivity contribution in [2.24, 2.45) is 5.41 Å². The Bertz CT molecular complexity index is 763. The van der Waals surface area contributed by atoms with E-state index in [9.17, 15) is 14.4 Å². The van der Waals surface area contributed by atoms with Crippen molar-refractivity contribution >= 4 is 17.8 Å². The number of likely N-dealkylation sites (tertiary alicyclic amines) is 2. The number of amides is 2. The fraction of sp³-hybridized carbons (Fsp3) is 0.609. The van der Waals surface area contributed by atoms with Crippen LogP contribution < -0.4 is 0 Å². The van der Waals surface area contributed by atoms with E-state index in [0.717, 1.165) is 30.4 Å². The van der Waals surface area contributed by atoms with Crippen LogP contribution in [0.15, 0.2) is 24.3 Å². The van der Waals surface area contributed by atoms with Gasteiger partial charge in [-0.05, 0) is 57.1 Å². The van der Waals surface area contributed by atoms with Crippen molar-refractivity contribution in [1.82, 2.24) is 9.80 Å². The first-order chi connectivity index (χ1) is 13.9. The molecule has 29 heavy (non-hydrogen) atoms. The maximum atomic E-state index is 13.0. The topological polar surface area (TPSA) is 66.9 Å². The van der Waals surface area contributed by atoms with Gasteiger partial charge in [0.2, 0.25) is 11.8 Å². The van der Waals surface area contributed by atoms with E-state index in [-0.39, 0.29) is 24.3 Å². The summed E-state index contributed by atoms with van der Waals surface area (Å²) in [7, 11) is 0. The molecule has 6 nitrogen and oxygen atoms in total. The predicted octanol–water partition coefficient (Wildman–Crippen LogP) is 2.72. The third kappa shape index (κ3) is 4.98. The standard InChI is InChI=1S/C23H32N2O4/c1-3-29-22(28)23(15-19-10-5-4-9-18(19)2)12-8-14-25(17-23)21(27)16-24-13-7-6-11-20(24)26/h4-5,9-10H,3,6-8,11-17H2,1-2H3/t23-/m0/s1. The summed E-state index contributed by atoms with van der Waals surface area (Å²) in [5.41, 5.74) is 1.52. The van der Waals surface area contributed by atoms with E-state index in [1.165, 1.54) is 0 Å². The Morgan fingerprint density at radius 3 is 2.66 bits per heavy atom. The Labute approximate surface area is 173 Å². The number of benzene rings is 1. The average molecular weight is 401 g/mol. The number of carbonyl (C=O) groups is 3. The molecular formula is C23H32N2O4. The van der Waals surface area contributed by atoms with Crippen LogP contribution in [-0.4, -0.2) is 60.4 Å². The lowest BCUT2D eigenvalue weighted by atomic mass is 9.74. The monoisotopic (exact) mass is 400 g/mol. The Morgan fingerprint density at radius 1 is 1.14 bits per heavy atom. The highest BCUT2D eigenvalue weighted by atomic mass is 16.5. The Morgan fingerprint density at radius 2 is 1.93 bits per heavy atom. The predicted molar refractivity (Wildman–Crippen MR) is 110 cm³/mol. The number of hydrogen-bond acceptors (Lipinski definition) is 4. The molecular weight excluding hydrogens is 368 g/mol. The molecule has 2 amide bonds. The van der Waals surface area contributed by atoms with E-state index in [0.29, 0.717) is 45.5 Å². The molecule has 6 heteroatoms. The van der Waals surface area contributed by atoms with Gasteiger partial charge in [0.1, 0.15) is 0 Å². The van der Waals surface area contributed by atoms with Gasteiger partial charge in [-0.25, -0.2) is 0 Å². The fourth-order valence-corrected chi connectivity index (χ4v) is 4.48. The molecule has 0 unspecified atom stereocenters. The molecule has 1 atom stereocenters. The smallest absolute Gasteiger partial charge is 0.314 e. The number of hydrogen-bond donors (Lipinski definition) is 0. The van der Waals surface area contributed by atoms with Gasteiger partial charge in [-0.2, -0.15) is 0 Å². The molecule has 158 valence electrons. The normalized spacial score (nSPS) is 22.5. The van der Waals surface area contributed by atoms with Crippen LogP contribution >= 0.6 is 0 Å². The molecule has 0 bridgehead atoms. The van der Waals surface area contributed by atoms with Crippen LogP contribution in [0.1, 0.15) is 50.2 Å². The molecule has 2 aliphatic rings. The van der Waals surface area contributed by atoms with Crippen LogP contribution in [0.2, 0.25) is 0 Å². The Kier molecular flexibility index (Phi) is 6.93. The number of carbonyl (C=O) groups excluding carboxylic acids is 3. The van der Waals surface area contributed by atoms with Crippen molar-refractivity contribution in [3.63, 3.8) is 0 Å². The van der Waals surface area contributed by atoms with Gasteiger partial charge >= 0.3 is 5.97 Å². The first-order valence-corrected chi connectivity index (χ1v) is 10.7. The summed E-state index contributed by atoms with van der Waals surface area (Å²) in [6.07, 6.45) is 4.38. The molecule has 3 rings (SSSR count). The molecule has 0 spiro atoms. The maximum Gasteiger partial charge on any atom is 0.314 e. The molecule has 0 N–H and O–H groups in total. The molecule has 0 radical (unpaired) electrons. The minimum Gasteiger partial charge on any atom is -0.466 e. The van der Waals surface area contributed by atoms with Crippen molar-refractivity contribution in [2.45, 2.75) is 52.4 Å². The van der Waals surface area contributed by atoms with Gasteiger partial charge in [0.05, 0.1) is 18.6 Å². The molecule has 2 saturated heterocycles. The van der Waals surface area contributed by atoms with Crippen LogP contribution in [0.5, 0.6) is 0 Å². The third-order valence-electron chi connectivity index (χ3n) is 6.18. The van der Waals surface area contributed by atoms with Gasteiger partial charge in [-0.1, -0.05) is 24.3 Å². The van der Waals surface area contributed by atoms with Crippen LogP contribution in [0.4, 0.5) is 0 Å².